The second-order valence-corrected chi connectivity index (χ2v) is 8.44. The van der Waals surface area contributed by atoms with Crippen molar-refractivity contribution in [2.75, 3.05) is 51.6 Å². The summed E-state index contributed by atoms with van der Waals surface area (Å²) in [6, 6.07) is 8.86. The second-order valence-electron chi connectivity index (χ2n) is 7.39. The lowest BCUT2D eigenvalue weighted by atomic mass is 10.1. The minimum Gasteiger partial charge on any atom is -0.493 e. The largest absolute Gasteiger partial charge is 0.493 e. The molecular formula is C23H26N2O6S. The third kappa shape index (κ3) is 4.88. The number of hydrogen-bond acceptors (Lipinski definition) is 7. The zero-order chi connectivity index (χ0) is 22.5. The van der Waals surface area contributed by atoms with Crippen molar-refractivity contribution >= 4 is 29.3 Å². The third-order valence-electron chi connectivity index (χ3n) is 5.31. The normalized spacial score (nSPS) is 14.8. The number of carbonyl (C=O) groups excluding carboxylic acids is 2. The number of rotatable bonds is 7. The highest BCUT2D eigenvalue weighted by Crippen LogP contribution is 2.36. The molecule has 2 aromatic carbocycles. The van der Waals surface area contributed by atoms with Crippen molar-refractivity contribution in [2.24, 2.45) is 0 Å². The van der Waals surface area contributed by atoms with Gasteiger partial charge in [0.15, 0.2) is 23.0 Å². The Balaban J connectivity index is 1.49. The number of likely N-dealkylation sites (tertiary alicyclic amines) is 1. The number of ether oxygens (including phenoxy) is 4. The molecule has 0 aliphatic carbocycles. The molecule has 9 heteroatoms. The van der Waals surface area contributed by atoms with E-state index >= 15 is 0 Å². The van der Waals surface area contributed by atoms with Gasteiger partial charge < -0.3 is 29.2 Å². The maximum Gasteiger partial charge on any atom is 0.256 e. The third-order valence-corrected chi connectivity index (χ3v) is 6.30. The average Bonchev–Trinajstić information content (AvgIpc) is 3.37. The molecule has 32 heavy (non-hydrogen) atoms. The van der Waals surface area contributed by atoms with Crippen LogP contribution in [0.2, 0.25) is 0 Å². The number of nitrogens with zero attached hydrogens (tertiary/aromatic N) is 1. The molecule has 0 aromatic heterocycles. The molecule has 1 N–H and O–H groups in total. The molecule has 1 saturated heterocycles. The standard InChI is InChI=1S/C23H26N2O6S/c1-28-19-12-16(23(27)25-7-3-4-8-25)17(13-20(19)29-2)24-22(26)14-32-15-5-6-18-21(11-15)31-10-9-30-18/h5-6,11-13H,3-4,7-10,14H2,1-2H3,(H,24,26). The van der Waals surface area contributed by atoms with Crippen LogP contribution in [0.5, 0.6) is 23.0 Å². The Morgan fingerprint density at radius 1 is 1.00 bits per heavy atom. The zero-order valence-corrected chi connectivity index (χ0v) is 19.0. The molecule has 0 unspecified atom stereocenters. The highest BCUT2D eigenvalue weighted by Gasteiger charge is 2.25. The summed E-state index contributed by atoms with van der Waals surface area (Å²) in [6.07, 6.45) is 1.96. The van der Waals surface area contributed by atoms with E-state index in [1.54, 1.807) is 17.0 Å². The van der Waals surface area contributed by atoms with Gasteiger partial charge in [-0.1, -0.05) is 0 Å². The molecule has 0 spiro atoms. The smallest absolute Gasteiger partial charge is 0.256 e. The predicted octanol–water partition coefficient (Wildman–Crippen LogP) is 3.44. The molecular weight excluding hydrogens is 432 g/mol. The highest BCUT2D eigenvalue weighted by atomic mass is 32.2. The van der Waals surface area contributed by atoms with Crippen molar-refractivity contribution < 1.29 is 28.5 Å². The SMILES string of the molecule is COc1cc(NC(=O)CSc2ccc3c(c2)OCCO3)c(C(=O)N2CCCC2)cc1OC. The fourth-order valence-electron chi connectivity index (χ4n) is 3.70. The number of thioether (sulfide) groups is 1. The van der Waals surface area contributed by atoms with E-state index in [9.17, 15) is 9.59 Å². The molecule has 2 amide bonds. The molecule has 1 fully saturated rings. The van der Waals surface area contributed by atoms with Crippen molar-refractivity contribution in [3.05, 3.63) is 35.9 Å². The molecule has 0 bridgehead atoms. The van der Waals surface area contributed by atoms with E-state index in [2.05, 4.69) is 5.32 Å². The molecule has 0 radical (unpaired) electrons. The molecule has 2 aliphatic rings. The van der Waals surface area contributed by atoms with Gasteiger partial charge in [-0.2, -0.15) is 0 Å². The van der Waals surface area contributed by atoms with E-state index in [1.165, 1.54) is 26.0 Å². The number of hydrogen-bond donors (Lipinski definition) is 1. The summed E-state index contributed by atoms with van der Waals surface area (Å²) >= 11 is 1.38. The first-order valence-electron chi connectivity index (χ1n) is 10.5. The van der Waals surface area contributed by atoms with Crippen LogP contribution in [0, 0.1) is 0 Å². The molecule has 2 aliphatic heterocycles. The van der Waals surface area contributed by atoms with E-state index in [4.69, 9.17) is 18.9 Å². The Morgan fingerprint density at radius 2 is 1.69 bits per heavy atom. The van der Waals surface area contributed by atoms with Crippen LogP contribution in [0.1, 0.15) is 23.2 Å². The van der Waals surface area contributed by atoms with Crippen molar-refractivity contribution in [1.82, 2.24) is 4.90 Å². The number of anilines is 1. The molecule has 2 aromatic rings. The van der Waals surface area contributed by atoms with Gasteiger partial charge in [-0.05, 0) is 37.1 Å². The lowest BCUT2D eigenvalue weighted by Crippen LogP contribution is -2.29. The van der Waals surface area contributed by atoms with Crippen molar-refractivity contribution in [1.29, 1.82) is 0 Å². The second kappa shape index (κ2) is 10.0. The summed E-state index contributed by atoms with van der Waals surface area (Å²) in [7, 11) is 3.04. The summed E-state index contributed by atoms with van der Waals surface area (Å²) in [6.45, 7) is 2.46. The van der Waals surface area contributed by atoms with E-state index < -0.39 is 0 Å². The minimum absolute atomic E-state index is 0.127. The van der Waals surface area contributed by atoms with Gasteiger partial charge >= 0.3 is 0 Å². The first kappa shape index (κ1) is 22.1. The highest BCUT2D eigenvalue weighted by molar-refractivity contribution is 8.00. The van der Waals surface area contributed by atoms with Crippen molar-refractivity contribution in [3.8, 4) is 23.0 Å². The summed E-state index contributed by atoms with van der Waals surface area (Å²) in [4.78, 5) is 28.5. The zero-order valence-electron chi connectivity index (χ0n) is 18.1. The quantitative estimate of drug-likeness (QED) is 0.636. The van der Waals surface area contributed by atoms with Gasteiger partial charge in [0, 0.05) is 24.1 Å². The molecule has 0 saturated carbocycles. The van der Waals surface area contributed by atoms with Gasteiger partial charge in [-0.3, -0.25) is 9.59 Å². The van der Waals surface area contributed by atoms with Crippen LogP contribution < -0.4 is 24.3 Å². The number of carbonyl (C=O) groups is 2. The summed E-state index contributed by atoms with van der Waals surface area (Å²) in [5.41, 5.74) is 0.801. The van der Waals surface area contributed by atoms with Crippen molar-refractivity contribution in [2.45, 2.75) is 17.7 Å². The first-order chi connectivity index (χ1) is 15.6. The fourth-order valence-corrected chi connectivity index (χ4v) is 4.42. The number of amides is 2. The minimum atomic E-state index is -0.229. The average molecular weight is 459 g/mol. The van der Waals surface area contributed by atoms with Crippen LogP contribution >= 0.6 is 11.8 Å². The van der Waals surface area contributed by atoms with Gasteiger partial charge in [0.1, 0.15) is 13.2 Å². The number of nitrogens with one attached hydrogen (secondary N) is 1. The van der Waals surface area contributed by atoms with E-state index in [1.807, 2.05) is 18.2 Å². The van der Waals surface area contributed by atoms with Crippen molar-refractivity contribution in [3.63, 3.8) is 0 Å². The summed E-state index contributed by atoms with van der Waals surface area (Å²) in [5.74, 6) is 2.09. The lowest BCUT2D eigenvalue weighted by molar-refractivity contribution is -0.113. The van der Waals surface area contributed by atoms with Gasteiger partial charge in [0.2, 0.25) is 5.91 Å². The fraction of sp³-hybridized carbons (Fsp3) is 0.391. The molecule has 4 rings (SSSR count). The summed E-state index contributed by atoms with van der Waals surface area (Å²) < 4.78 is 21.9. The van der Waals surface area contributed by atoms with Crippen LogP contribution in [-0.2, 0) is 4.79 Å². The first-order valence-corrected chi connectivity index (χ1v) is 11.4. The van der Waals surface area contributed by atoms with Gasteiger partial charge in [0.25, 0.3) is 5.91 Å². The van der Waals surface area contributed by atoms with Crippen LogP contribution in [-0.4, -0.2) is 63.0 Å². The molecule has 8 nitrogen and oxygen atoms in total. The number of methoxy groups -OCH3 is 2. The van der Waals surface area contributed by atoms with Crippen LogP contribution in [0.15, 0.2) is 35.2 Å². The van der Waals surface area contributed by atoms with Gasteiger partial charge in [0.05, 0.1) is 31.2 Å². The summed E-state index contributed by atoms with van der Waals surface area (Å²) in [5, 5.41) is 2.87. The van der Waals surface area contributed by atoms with E-state index in [-0.39, 0.29) is 17.6 Å². The predicted molar refractivity (Wildman–Crippen MR) is 121 cm³/mol. The molecule has 0 atom stereocenters. The number of fused-ring (bicyclic) bond motifs is 1. The van der Waals surface area contributed by atoms with E-state index in [0.717, 1.165) is 17.7 Å². The van der Waals surface area contributed by atoms with E-state index in [0.29, 0.717) is 60.6 Å². The van der Waals surface area contributed by atoms with Crippen LogP contribution in [0.3, 0.4) is 0 Å². The molecule has 170 valence electrons. The van der Waals surface area contributed by atoms with Gasteiger partial charge in [-0.15, -0.1) is 11.8 Å². The maximum absolute atomic E-state index is 13.1. The Morgan fingerprint density at radius 3 is 2.41 bits per heavy atom. The Bertz CT molecular complexity index is 1010. The maximum atomic E-state index is 13.1. The Kier molecular flexibility index (Phi) is 6.94. The van der Waals surface area contributed by atoms with Crippen LogP contribution in [0.25, 0.3) is 0 Å². The number of benzene rings is 2. The monoisotopic (exact) mass is 458 g/mol. The van der Waals surface area contributed by atoms with Crippen LogP contribution in [0.4, 0.5) is 5.69 Å². The lowest BCUT2D eigenvalue weighted by Gasteiger charge is -2.20. The topological polar surface area (TPSA) is 86.3 Å². The molecule has 2 heterocycles. The Labute approximate surface area is 191 Å². The van der Waals surface area contributed by atoms with Gasteiger partial charge in [-0.25, -0.2) is 0 Å². The Hall–Kier alpha value is -3.07.